The van der Waals surface area contributed by atoms with E-state index in [0.29, 0.717) is 17.9 Å². The molecule has 0 spiro atoms. The Bertz CT molecular complexity index is 548. The number of nitrogens with zero attached hydrogens (tertiary/aromatic N) is 3. The molecule has 0 saturated heterocycles. The van der Waals surface area contributed by atoms with Crippen LogP contribution in [0.3, 0.4) is 0 Å². The van der Waals surface area contributed by atoms with Crippen LogP contribution in [0.1, 0.15) is 11.3 Å². The average molecular weight is 273 g/mol. The molecule has 1 aromatic carbocycles. The Balaban J connectivity index is 1.78. The molecule has 98 valence electrons. The molecule has 0 amide bonds. The van der Waals surface area contributed by atoms with Crippen molar-refractivity contribution in [1.29, 1.82) is 5.26 Å². The average Bonchev–Trinajstić information content (AvgIpc) is 2.92. The first kappa shape index (κ1) is 13.5. The summed E-state index contributed by atoms with van der Waals surface area (Å²) < 4.78 is 5.64. The van der Waals surface area contributed by atoms with Gasteiger partial charge in [0, 0.05) is 18.5 Å². The molecule has 1 heterocycles. The summed E-state index contributed by atoms with van der Waals surface area (Å²) in [6, 6.07) is 9.40. The molecule has 5 heteroatoms. The molecule has 2 rings (SSSR count). The third-order valence-electron chi connectivity index (χ3n) is 2.65. The van der Waals surface area contributed by atoms with Crippen molar-refractivity contribution in [1.82, 2.24) is 9.88 Å². The molecule has 0 saturated carbocycles. The Hall–Kier alpha value is -1.90. The Morgan fingerprint density at radius 2 is 2.26 bits per heavy atom. The number of benzene rings is 1. The second-order valence-corrected chi connectivity index (χ2v) is 4.89. The first-order chi connectivity index (χ1) is 9.29. The number of ether oxygens (including phenoxy) is 1. The number of rotatable bonds is 6. The van der Waals surface area contributed by atoms with Gasteiger partial charge in [0.2, 0.25) is 0 Å². The van der Waals surface area contributed by atoms with Crippen LogP contribution < -0.4 is 4.74 Å². The van der Waals surface area contributed by atoms with E-state index in [1.807, 2.05) is 36.1 Å². The van der Waals surface area contributed by atoms with Gasteiger partial charge in [-0.3, -0.25) is 4.90 Å². The molecule has 2 aromatic rings. The number of thiazole rings is 1. The van der Waals surface area contributed by atoms with Crippen LogP contribution in [0, 0.1) is 11.3 Å². The van der Waals surface area contributed by atoms with Crippen LogP contribution in [0.25, 0.3) is 0 Å². The summed E-state index contributed by atoms with van der Waals surface area (Å²) in [7, 11) is 2.03. The summed E-state index contributed by atoms with van der Waals surface area (Å²) in [5.74, 6) is 0.645. The fourth-order valence-corrected chi connectivity index (χ4v) is 2.22. The predicted molar refractivity (Wildman–Crippen MR) is 75.1 cm³/mol. The third-order valence-corrected chi connectivity index (χ3v) is 3.29. The highest BCUT2D eigenvalue weighted by Gasteiger charge is 2.04. The van der Waals surface area contributed by atoms with Gasteiger partial charge in [-0.2, -0.15) is 5.26 Å². The zero-order valence-electron chi connectivity index (χ0n) is 10.7. The zero-order valence-corrected chi connectivity index (χ0v) is 11.6. The lowest BCUT2D eigenvalue weighted by molar-refractivity contribution is 0.231. The van der Waals surface area contributed by atoms with Crippen LogP contribution in [-0.2, 0) is 6.54 Å². The topological polar surface area (TPSA) is 49.1 Å². The monoisotopic (exact) mass is 273 g/mol. The summed E-state index contributed by atoms with van der Waals surface area (Å²) in [6.45, 7) is 2.16. The Morgan fingerprint density at radius 1 is 1.42 bits per heavy atom. The van der Waals surface area contributed by atoms with Gasteiger partial charge in [-0.25, -0.2) is 4.98 Å². The molecule has 0 unspecified atom stereocenters. The molecule has 4 nitrogen and oxygen atoms in total. The minimum absolute atomic E-state index is 0.555. The summed E-state index contributed by atoms with van der Waals surface area (Å²) in [6.07, 6.45) is 0. The van der Waals surface area contributed by atoms with E-state index in [-0.39, 0.29) is 0 Å². The first-order valence-corrected chi connectivity index (χ1v) is 6.91. The Labute approximate surface area is 116 Å². The molecule has 1 aromatic heterocycles. The van der Waals surface area contributed by atoms with E-state index in [1.165, 1.54) is 0 Å². The minimum atomic E-state index is 0.555. The summed E-state index contributed by atoms with van der Waals surface area (Å²) in [5.41, 5.74) is 3.48. The smallest absolute Gasteiger partial charge is 0.137 e. The lowest BCUT2D eigenvalue weighted by Gasteiger charge is -2.16. The number of aromatic nitrogens is 1. The maximum absolute atomic E-state index is 8.95. The molecule has 0 N–H and O–H groups in total. The summed E-state index contributed by atoms with van der Waals surface area (Å²) in [5, 5.41) is 11.0. The number of hydrogen-bond donors (Lipinski definition) is 0. The van der Waals surface area contributed by atoms with E-state index in [4.69, 9.17) is 10.00 Å². The van der Waals surface area contributed by atoms with Crippen molar-refractivity contribution in [3.8, 4) is 11.8 Å². The fraction of sp³-hybridized carbons (Fsp3) is 0.286. The van der Waals surface area contributed by atoms with Crippen molar-refractivity contribution in [3.63, 3.8) is 0 Å². The van der Waals surface area contributed by atoms with Gasteiger partial charge in [-0.15, -0.1) is 11.3 Å². The Morgan fingerprint density at radius 3 is 3.00 bits per heavy atom. The third kappa shape index (κ3) is 4.05. The van der Waals surface area contributed by atoms with E-state index in [9.17, 15) is 0 Å². The largest absolute Gasteiger partial charge is 0.491 e. The van der Waals surface area contributed by atoms with E-state index >= 15 is 0 Å². The van der Waals surface area contributed by atoms with E-state index in [2.05, 4.69) is 16.0 Å². The van der Waals surface area contributed by atoms with Crippen LogP contribution >= 0.6 is 11.3 Å². The van der Waals surface area contributed by atoms with Crippen LogP contribution in [0.4, 0.5) is 0 Å². The van der Waals surface area contributed by atoms with Crippen molar-refractivity contribution in [3.05, 3.63) is 46.4 Å². The predicted octanol–water partition coefficient (Wildman–Crippen LogP) is 2.53. The molecular formula is C14H15N3OS. The van der Waals surface area contributed by atoms with Gasteiger partial charge in [0.05, 0.1) is 16.8 Å². The lowest BCUT2D eigenvalue weighted by atomic mass is 10.2. The molecule has 0 aliphatic carbocycles. The van der Waals surface area contributed by atoms with Crippen molar-refractivity contribution in [2.24, 2.45) is 0 Å². The molecule has 0 bridgehead atoms. The maximum Gasteiger partial charge on any atom is 0.137 e. The SMILES string of the molecule is CN(CCOc1ccccc1C#N)Cc1cscn1. The van der Waals surface area contributed by atoms with Crippen molar-refractivity contribution < 1.29 is 4.74 Å². The highest BCUT2D eigenvalue weighted by molar-refractivity contribution is 7.07. The lowest BCUT2D eigenvalue weighted by Crippen LogP contribution is -2.24. The molecule has 0 radical (unpaired) electrons. The van der Waals surface area contributed by atoms with Gasteiger partial charge in [0.1, 0.15) is 18.4 Å². The zero-order chi connectivity index (χ0) is 13.5. The summed E-state index contributed by atoms with van der Waals surface area (Å²) >= 11 is 1.60. The van der Waals surface area contributed by atoms with Crippen molar-refractivity contribution >= 4 is 11.3 Å². The van der Waals surface area contributed by atoms with Gasteiger partial charge in [0.15, 0.2) is 0 Å². The van der Waals surface area contributed by atoms with E-state index in [1.54, 1.807) is 17.4 Å². The molecule has 0 aliphatic rings. The standard InChI is InChI=1S/C14H15N3OS/c1-17(9-13-10-19-11-16-13)6-7-18-14-5-3-2-4-12(14)8-15/h2-5,10-11H,6-7,9H2,1H3. The molecule has 0 atom stereocenters. The highest BCUT2D eigenvalue weighted by Crippen LogP contribution is 2.16. The first-order valence-electron chi connectivity index (χ1n) is 5.97. The normalized spacial score (nSPS) is 10.4. The van der Waals surface area contributed by atoms with Crippen molar-refractivity contribution in [2.75, 3.05) is 20.2 Å². The highest BCUT2D eigenvalue weighted by atomic mass is 32.1. The number of hydrogen-bond acceptors (Lipinski definition) is 5. The van der Waals surface area contributed by atoms with Crippen LogP contribution in [-0.4, -0.2) is 30.1 Å². The molecule has 0 fully saturated rings. The number of para-hydroxylation sites is 1. The van der Waals surface area contributed by atoms with Crippen molar-refractivity contribution in [2.45, 2.75) is 6.54 Å². The van der Waals surface area contributed by atoms with Crippen LogP contribution in [0.15, 0.2) is 35.2 Å². The van der Waals surface area contributed by atoms with Gasteiger partial charge in [0.25, 0.3) is 0 Å². The minimum Gasteiger partial charge on any atom is -0.491 e. The fourth-order valence-electron chi connectivity index (χ4n) is 1.67. The Kier molecular flexibility index (Phi) is 4.90. The van der Waals surface area contributed by atoms with Gasteiger partial charge in [-0.05, 0) is 19.2 Å². The maximum atomic E-state index is 8.95. The van der Waals surface area contributed by atoms with Crippen LogP contribution in [0.5, 0.6) is 5.75 Å². The quantitative estimate of drug-likeness (QED) is 0.811. The van der Waals surface area contributed by atoms with E-state index < -0.39 is 0 Å². The van der Waals surface area contributed by atoms with Crippen LogP contribution in [0.2, 0.25) is 0 Å². The second-order valence-electron chi connectivity index (χ2n) is 4.17. The van der Waals surface area contributed by atoms with Gasteiger partial charge < -0.3 is 4.74 Å². The second kappa shape index (κ2) is 6.88. The molecular weight excluding hydrogens is 258 g/mol. The number of likely N-dealkylation sites (N-methyl/N-ethyl adjacent to an activating group) is 1. The van der Waals surface area contributed by atoms with Gasteiger partial charge in [-0.1, -0.05) is 12.1 Å². The number of nitriles is 1. The van der Waals surface area contributed by atoms with Gasteiger partial charge >= 0.3 is 0 Å². The molecule has 0 aliphatic heterocycles. The summed E-state index contributed by atoms with van der Waals surface area (Å²) in [4.78, 5) is 6.39. The van der Waals surface area contributed by atoms with E-state index in [0.717, 1.165) is 18.8 Å². The molecule has 19 heavy (non-hydrogen) atoms.